The molecular formula is C23H29N9O. The van der Waals surface area contributed by atoms with Gasteiger partial charge in [-0.25, -0.2) is 19.9 Å². The average Bonchev–Trinajstić information content (AvgIpc) is 3.44. The maximum absolute atomic E-state index is 12.8. The topological polar surface area (TPSA) is 108 Å². The first-order chi connectivity index (χ1) is 16.0. The van der Waals surface area contributed by atoms with E-state index in [4.69, 9.17) is 4.98 Å². The van der Waals surface area contributed by atoms with Crippen LogP contribution in [0.1, 0.15) is 37.7 Å². The summed E-state index contributed by atoms with van der Waals surface area (Å²) in [5.41, 5.74) is 3.43. The van der Waals surface area contributed by atoms with Crippen molar-refractivity contribution in [2.75, 3.05) is 39.0 Å². The first kappa shape index (κ1) is 21.3. The number of rotatable bonds is 6. The van der Waals surface area contributed by atoms with Gasteiger partial charge in [0.25, 0.3) is 0 Å². The molecule has 33 heavy (non-hydrogen) atoms. The van der Waals surface area contributed by atoms with Crippen LogP contribution in [0, 0.1) is 0 Å². The number of imidazole rings is 2. The lowest BCUT2D eigenvalue weighted by Gasteiger charge is -2.35. The molecule has 1 aromatic carbocycles. The molecule has 10 heteroatoms. The number of hydrogen-bond donors (Lipinski definition) is 2. The van der Waals surface area contributed by atoms with Crippen molar-refractivity contribution >= 4 is 33.9 Å². The standard InChI is InChI=1S/C23H29N9O/c1-15(28-22-20-21(25-13-24-20)26-14-27-22)23-29-17-8-4-5-9-18(17)32(23)16-7-6-10-31(11-16)19(33)12-30(2)3/h4-5,8-9,13-16H,6-7,10-12H2,1-3H3,(H2,24,25,26,27,28)/t15-,16+/m0/s1. The number of nitrogens with one attached hydrogen (secondary N) is 2. The fourth-order valence-corrected chi connectivity index (χ4v) is 4.66. The van der Waals surface area contributed by atoms with Gasteiger partial charge in [-0.1, -0.05) is 12.1 Å². The summed E-state index contributed by atoms with van der Waals surface area (Å²) >= 11 is 0. The van der Waals surface area contributed by atoms with Crippen LogP contribution in [0.15, 0.2) is 36.9 Å². The van der Waals surface area contributed by atoms with E-state index in [0.717, 1.165) is 41.8 Å². The summed E-state index contributed by atoms with van der Waals surface area (Å²) in [6.07, 6.45) is 5.10. The zero-order valence-electron chi connectivity index (χ0n) is 19.2. The van der Waals surface area contributed by atoms with Gasteiger partial charge in [-0.3, -0.25) is 4.79 Å². The van der Waals surface area contributed by atoms with Crippen LogP contribution in [-0.4, -0.2) is 78.9 Å². The number of piperidine rings is 1. The van der Waals surface area contributed by atoms with E-state index in [0.29, 0.717) is 24.6 Å². The minimum Gasteiger partial charge on any atom is -0.358 e. The third-order valence-corrected chi connectivity index (χ3v) is 6.15. The van der Waals surface area contributed by atoms with Crippen LogP contribution in [0.2, 0.25) is 0 Å². The zero-order valence-corrected chi connectivity index (χ0v) is 19.2. The maximum atomic E-state index is 12.8. The van der Waals surface area contributed by atoms with Gasteiger partial charge in [0.05, 0.1) is 36.0 Å². The number of H-pyrrole nitrogens is 1. The number of anilines is 1. The molecule has 0 aliphatic carbocycles. The number of benzene rings is 1. The lowest BCUT2D eigenvalue weighted by molar-refractivity contribution is -0.133. The van der Waals surface area contributed by atoms with Crippen LogP contribution in [0.25, 0.3) is 22.2 Å². The lowest BCUT2D eigenvalue weighted by atomic mass is 10.0. The fourth-order valence-electron chi connectivity index (χ4n) is 4.66. The van der Waals surface area contributed by atoms with E-state index in [1.807, 2.05) is 42.1 Å². The SMILES string of the molecule is C[C@H](Nc1ncnc2nc[nH]c12)c1nc2ccccc2n1[C@@H]1CCCN(C(=O)CN(C)C)C1. The van der Waals surface area contributed by atoms with E-state index in [1.165, 1.54) is 6.33 Å². The fraction of sp³-hybridized carbons (Fsp3) is 0.435. The second-order valence-corrected chi connectivity index (χ2v) is 8.89. The van der Waals surface area contributed by atoms with Crippen LogP contribution in [0.3, 0.4) is 0 Å². The number of carbonyl (C=O) groups excluding carboxylic acids is 1. The van der Waals surface area contributed by atoms with Crippen molar-refractivity contribution in [3.8, 4) is 0 Å². The zero-order chi connectivity index (χ0) is 22.9. The summed E-state index contributed by atoms with van der Waals surface area (Å²) in [5.74, 6) is 1.79. The van der Waals surface area contributed by atoms with Crippen molar-refractivity contribution < 1.29 is 4.79 Å². The van der Waals surface area contributed by atoms with E-state index >= 15 is 0 Å². The normalized spacial score (nSPS) is 17.7. The molecule has 2 N–H and O–H groups in total. The second-order valence-electron chi connectivity index (χ2n) is 8.89. The van der Waals surface area contributed by atoms with Crippen LogP contribution in [0.5, 0.6) is 0 Å². The molecule has 0 saturated carbocycles. The van der Waals surface area contributed by atoms with Gasteiger partial charge in [0, 0.05) is 13.1 Å². The summed E-state index contributed by atoms with van der Waals surface area (Å²) < 4.78 is 2.31. The van der Waals surface area contributed by atoms with Crippen molar-refractivity contribution in [3.63, 3.8) is 0 Å². The molecule has 0 unspecified atom stereocenters. The minimum absolute atomic E-state index is 0.119. The molecule has 5 rings (SSSR count). The highest BCUT2D eigenvalue weighted by Crippen LogP contribution is 2.32. The molecule has 1 amide bonds. The minimum atomic E-state index is -0.119. The highest BCUT2D eigenvalue weighted by atomic mass is 16.2. The number of aromatic nitrogens is 6. The summed E-state index contributed by atoms with van der Waals surface area (Å²) in [6, 6.07) is 8.24. The molecular weight excluding hydrogens is 418 g/mol. The first-order valence-electron chi connectivity index (χ1n) is 11.3. The summed E-state index contributed by atoms with van der Waals surface area (Å²) in [6.45, 7) is 4.00. The van der Waals surface area contributed by atoms with Crippen LogP contribution < -0.4 is 5.32 Å². The van der Waals surface area contributed by atoms with E-state index in [2.05, 4.69) is 42.8 Å². The van der Waals surface area contributed by atoms with E-state index in [-0.39, 0.29) is 18.0 Å². The Hall–Kier alpha value is -3.53. The van der Waals surface area contributed by atoms with Crippen LogP contribution in [-0.2, 0) is 4.79 Å². The summed E-state index contributed by atoms with van der Waals surface area (Å²) in [5, 5.41) is 3.49. The Labute approximate surface area is 192 Å². The number of aromatic amines is 1. The van der Waals surface area contributed by atoms with Crippen LogP contribution in [0.4, 0.5) is 5.82 Å². The molecule has 0 spiro atoms. The second kappa shape index (κ2) is 8.78. The Bertz CT molecular complexity index is 1280. The number of carbonyl (C=O) groups is 1. The van der Waals surface area contributed by atoms with Crippen molar-refractivity contribution in [1.82, 2.24) is 39.3 Å². The van der Waals surface area contributed by atoms with Crippen molar-refractivity contribution in [3.05, 3.63) is 42.7 Å². The molecule has 0 bridgehead atoms. The van der Waals surface area contributed by atoms with Gasteiger partial charge in [0.15, 0.2) is 11.5 Å². The van der Waals surface area contributed by atoms with Crippen molar-refractivity contribution in [2.45, 2.75) is 31.8 Å². The lowest BCUT2D eigenvalue weighted by Crippen LogP contribution is -2.44. The van der Waals surface area contributed by atoms with Gasteiger partial charge in [-0.2, -0.15) is 0 Å². The highest BCUT2D eigenvalue weighted by Gasteiger charge is 2.29. The van der Waals surface area contributed by atoms with E-state index in [9.17, 15) is 4.79 Å². The number of fused-ring (bicyclic) bond motifs is 2. The molecule has 172 valence electrons. The molecule has 4 heterocycles. The Morgan fingerprint density at radius 2 is 2.12 bits per heavy atom. The number of amides is 1. The third-order valence-electron chi connectivity index (χ3n) is 6.15. The first-order valence-corrected chi connectivity index (χ1v) is 11.3. The van der Waals surface area contributed by atoms with E-state index in [1.54, 1.807) is 6.33 Å². The number of nitrogens with zero attached hydrogens (tertiary/aromatic N) is 7. The van der Waals surface area contributed by atoms with Gasteiger partial charge in [-0.05, 0) is 46.0 Å². The number of likely N-dealkylation sites (tertiary alicyclic amines) is 1. The number of likely N-dealkylation sites (N-methyl/N-ethyl adjacent to an activating group) is 1. The highest BCUT2D eigenvalue weighted by molar-refractivity contribution is 5.82. The number of hydrogen-bond acceptors (Lipinski definition) is 7. The summed E-state index contributed by atoms with van der Waals surface area (Å²) in [4.78, 5) is 37.6. The Kier molecular flexibility index (Phi) is 5.67. The molecule has 1 aliphatic rings. The molecule has 3 aromatic heterocycles. The molecule has 1 saturated heterocycles. The molecule has 1 aliphatic heterocycles. The largest absolute Gasteiger partial charge is 0.358 e. The predicted molar refractivity (Wildman–Crippen MR) is 127 cm³/mol. The molecule has 1 fully saturated rings. The van der Waals surface area contributed by atoms with Gasteiger partial charge in [0.1, 0.15) is 17.7 Å². The van der Waals surface area contributed by atoms with E-state index < -0.39 is 0 Å². The molecule has 4 aromatic rings. The number of para-hydroxylation sites is 2. The Morgan fingerprint density at radius 3 is 2.97 bits per heavy atom. The molecule has 10 nitrogen and oxygen atoms in total. The third kappa shape index (κ3) is 4.13. The predicted octanol–water partition coefficient (Wildman–Crippen LogP) is 2.60. The average molecular weight is 448 g/mol. The smallest absolute Gasteiger partial charge is 0.236 e. The van der Waals surface area contributed by atoms with Crippen molar-refractivity contribution in [2.24, 2.45) is 0 Å². The monoisotopic (exact) mass is 447 g/mol. The van der Waals surface area contributed by atoms with Crippen molar-refractivity contribution in [1.29, 1.82) is 0 Å². The van der Waals surface area contributed by atoms with Gasteiger partial charge in [0.2, 0.25) is 5.91 Å². The van der Waals surface area contributed by atoms with Gasteiger partial charge in [-0.15, -0.1) is 0 Å². The quantitative estimate of drug-likeness (QED) is 0.468. The molecule has 2 atom stereocenters. The van der Waals surface area contributed by atoms with Gasteiger partial charge < -0.3 is 24.7 Å². The maximum Gasteiger partial charge on any atom is 0.236 e. The van der Waals surface area contributed by atoms with Gasteiger partial charge >= 0.3 is 0 Å². The van der Waals surface area contributed by atoms with Crippen LogP contribution >= 0.6 is 0 Å². The Balaban J connectivity index is 1.48. The summed E-state index contributed by atoms with van der Waals surface area (Å²) in [7, 11) is 3.86. The molecule has 0 radical (unpaired) electrons. The Morgan fingerprint density at radius 1 is 1.27 bits per heavy atom.